The topological polar surface area (TPSA) is 79.4 Å². The van der Waals surface area contributed by atoms with E-state index in [-0.39, 0.29) is 16.1 Å². The van der Waals surface area contributed by atoms with Gasteiger partial charge in [0, 0.05) is 25.0 Å². The van der Waals surface area contributed by atoms with E-state index >= 15 is 0 Å². The molecule has 1 fully saturated rings. The summed E-state index contributed by atoms with van der Waals surface area (Å²) in [6.07, 6.45) is 4.25. The van der Waals surface area contributed by atoms with Crippen molar-refractivity contribution in [2.24, 2.45) is 0 Å². The van der Waals surface area contributed by atoms with Crippen LogP contribution in [-0.2, 0) is 14.8 Å². The Labute approximate surface area is 170 Å². The fourth-order valence-electron chi connectivity index (χ4n) is 2.96. The lowest BCUT2D eigenvalue weighted by Gasteiger charge is -2.25. The van der Waals surface area contributed by atoms with Gasteiger partial charge in [0.1, 0.15) is 4.90 Å². The fourth-order valence-corrected chi connectivity index (χ4v) is 5.21. The first-order chi connectivity index (χ1) is 13.4. The van der Waals surface area contributed by atoms with Gasteiger partial charge in [0.15, 0.2) is 0 Å². The predicted molar refractivity (Wildman–Crippen MR) is 112 cm³/mol. The largest absolute Gasteiger partial charge is 0.325 e. The lowest BCUT2D eigenvalue weighted by molar-refractivity contribution is -0.115. The highest BCUT2D eigenvalue weighted by Crippen LogP contribution is 2.25. The number of aryl methyl sites for hydroxylation is 1. The van der Waals surface area contributed by atoms with E-state index in [4.69, 9.17) is 0 Å². The van der Waals surface area contributed by atoms with Crippen molar-refractivity contribution in [3.05, 3.63) is 48.2 Å². The standard InChI is InChI=1S/C20H25N3O3S2/c1-15-6-8-17(9-7-15)22-20(24)16(2)27-19-11-10-18(14-21-19)28(25,26)23-12-4-3-5-13-23/h6-11,14,16H,3-5,12-13H2,1-2H3,(H,22,24)/t16-/m1/s1. The van der Waals surface area contributed by atoms with Crippen LogP contribution in [0.4, 0.5) is 5.69 Å². The fraction of sp³-hybridized carbons (Fsp3) is 0.400. The van der Waals surface area contributed by atoms with Crippen LogP contribution in [0.15, 0.2) is 52.5 Å². The van der Waals surface area contributed by atoms with Crippen molar-refractivity contribution in [2.45, 2.75) is 48.3 Å². The van der Waals surface area contributed by atoms with Gasteiger partial charge in [0.25, 0.3) is 0 Å². The lowest BCUT2D eigenvalue weighted by Crippen LogP contribution is -2.35. The van der Waals surface area contributed by atoms with Gasteiger partial charge in [-0.3, -0.25) is 4.79 Å². The van der Waals surface area contributed by atoms with Crippen molar-refractivity contribution in [2.75, 3.05) is 18.4 Å². The summed E-state index contributed by atoms with van der Waals surface area (Å²) in [5.74, 6) is -0.124. The Morgan fingerprint density at radius 3 is 2.39 bits per heavy atom. The minimum atomic E-state index is -3.49. The van der Waals surface area contributed by atoms with Gasteiger partial charge in [-0.2, -0.15) is 4.31 Å². The van der Waals surface area contributed by atoms with Crippen LogP contribution in [0.1, 0.15) is 31.7 Å². The molecule has 2 heterocycles. The van der Waals surface area contributed by atoms with Crippen LogP contribution < -0.4 is 5.32 Å². The molecular formula is C20H25N3O3S2. The molecule has 1 amide bonds. The van der Waals surface area contributed by atoms with Crippen molar-refractivity contribution in [3.63, 3.8) is 0 Å². The minimum Gasteiger partial charge on any atom is -0.325 e. The maximum Gasteiger partial charge on any atom is 0.244 e. The second-order valence-electron chi connectivity index (χ2n) is 6.91. The average Bonchev–Trinajstić information content (AvgIpc) is 2.70. The molecule has 6 nitrogen and oxygen atoms in total. The number of benzene rings is 1. The molecule has 1 aromatic heterocycles. The van der Waals surface area contributed by atoms with Crippen molar-refractivity contribution in [1.29, 1.82) is 0 Å². The Bertz CT molecular complexity index is 907. The zero-order valence-electron chi connectivity index (χ0n) is 16.1. The third-order valence-electron chi connectivity index (χ3n) is 4.65. The van der Waals surface area contributed by atoms with Crippen LogP contribution in [-0.4, -0.2) is 42.0 Å². The van der Waals surface area contributed by atoms with Crippen LogP contribution >= 0.6 is 11.8 Å². The number of anilines is 1. The molecule has 28 heavy (non-hydrogen) atoms. The number of carbonyl (C=O) groups is 1. The number of hydrogen-bond acceptors (Lipinski definition) is 5. The predicted octanol–water partition coefficient (Wildman–Crippen LogP) is 3.68. The molecule has 1 N–H and O–H groups in total. The number of pyridine rings is 1. The van der Waals surface area contributed by atoms with Gasteiger partial charge in [-0.25, -0.2) is 13.4 Å². The van der Waals surface area contributed by atoms with Gasteiger partial charge in [-0.15, -0.1) is 0 Å². The number of piperidine rings is 1. The van der Waals surface area contributed by atoms with E-state index in [9.17, 15) is 13.2 Å². The van der Waals surface area contributed by atoms with Gasteiger partial charge in [-0.05, 0) is 51.0 Å². The molecule has 0 spiro atoms. The maximum atomic E-state index is 12.7. The van der Waals surface area contributed by atoms with Crippen molar-refractivity contribution in [3.8, 4) is 0 Å². The molecule has 2 aromatic rings. The Hall–Kier alpha value is -1.90. The van der Waals surface area contributed by atoms with E-state index in [1.807, 2.05) is 31.2 Å². The average molecular weight is 420 g/mol. The number of rotatable bonds is 6. The molecule has 0 aliphatic carbocycles. The third-order valence-corrected chi connectivity index (χ3v) is 7.58. The van der Waals surface area contributed by atoms with Gasteiger partial charge in [-0.1, -0.05) is 35.9 Å². The molecule has 0 unspecified atom stereocenters. The zero-order valence-corrected chi connectivity index (χ0v) is 17.7. The summed E-state index contributed by atoms with van der Waals surface area (Å²) < 4.78 is 26.9. The molecule has 1 atom stereocenters. The van der Waals surface area contributed by atoms with E-state index in [0.717, 1.165) is 30.5 Å². The van der Waals surface area contributed by atoms with E-state index in [1.165, 1.54) is 22.3 Å². The minimum absolute atomic E-state index is 0.124. The normalized spacial score (nSPS) is 16.5. The first kappa shape index (κ1) is 20.8. The third kappa shape index (κ3) is 5.12. The van der Waals surface area contributed by atoms with E-state index < -0.39 is 10.0 Å². The van der Waals surface area contributed by atoms with Crippen molar-refractivity contribution in [1.82, 2.24) is 9.29 Å². The van der Waals surface area contributed by atoms with Gasteiger partial charge < -0.3 is 5.32 Å². The van der Waals surface area contributed by atoms with Crippen molar-refractivity contribution < 1.29 is 13.2 Å². The summed E-state index contributed by atoms with van der Waals surface area (Å²) in [5.41, 5.74) is 1.88. The van der Waals surface area contributed by atoms with Crippen LogP contribution in [0.5, 0.6) is 0 Å². The van der Waals surface area contributed by atoms with E-state index in [1.54, 1.807) is 19.1 Å². The first-order valence-corrected chi connectivity index (χ1v) is 11.7. The molecule has 0 bridgehead atoms. The number of thioether (sulfide) groups is 1. The number of hydrogen-bond donors (Lipinski definition) is 1. The summed E-state index contributed by atoms with van der Waals surface area (Å²) in [5, 5.41) is 3.13. The Balaban J connectivity index is 1.61. The summed E-state index contributed by atoms with van der Waals surface area (Å²) in [6.45, 7) is 4.92. The number of sulfonamides is 1. The molecule has 0 radical (unpaired) electrons. The summed E-state index contributed by atoms with van der Waals surface area (Å²) in [6, 6.07) is 10.8. The summed E-state index contributed by atoms with van der Waals surface area (Å²) in [7, 11) is -3.49. The number of carbonyl (C=O) groups excluding carboxylic acids is 1. The molecule has 1 aliphatic heterocycles. The SMILES string of the molecule is Cc1ccc(NC(=O)[C@@H](C)Sc2ccc(S(=O)(=O)N3CCCCC3)cn2)cc1. The van der Waals surface area contributed by atoms with Crippen LogP contribution in [0.2, 0.25) is 0 Å². The first-order valence-electron chi connectivity index (χ1n) is 9.36. The monoisotopic (exact) mass is 419 g/mol. The molecule has 3 rings (SSSR count). The van der Waals surface area contributed by atoms with Crippen LogP contribution in [0.25, 0.3) is 0 Å². The Morgan fingerprint density at radius 1 is 1.11 bits per heavy atom. The molecular weight excluding hydrogens is 394 g/mol. The molecule has 150 valence electrons. The van der Waals surface area contributed by atoms with E-state index in [2.05, 4.69) is 10.3 Å². The molecule has 8 heteroatoms. The number of nitrogens with one attached hydrogen (secondary N) is 1. The Kier molecular flexibility index (Phi) is 6.74. The maximum absolute atomic E-state index is 12.7. The summed E-state index contributed by atoms with van der Waals surface area (Å²) >= 11 is 1.30. The van der Waals surface area contributed by atoms with Crippen LogP contribution in [0, 0.1) is 6.92 Å². The van der Waals surface area contributed by atoms with Crippen molar-refractivity contribution >= 4 is 33.4 Å². The highest BCUT2D eigenvalue weighted by atomic mass is 32.2. The van der Waals surface area contributed by atoms with Gasteiger partial charge >= 0.3 is 0 Å². The molecule has 0 saturated carbocycles. The Morgan fingerprint density at radius 2 is 1.79 bits per heavy atom. The van der Waals surface area contributed by atoms with E-state index in [0.29, 0.717) is 18.1 Å². The molecule has 1 aliphatic rings. The van der Waals surface area contributed by atoms with Gasteiger partial charge in [0.05, 0.1) is 10.3 Å². The van der Waals surface area contributed by atoms with Gasteiger partial charge in [0.2, 0.25) is 15.9 Å². The quantitative estimate of drug-likeness (QED) is 0.723. The highest BCUT2D eigenvalue weighted by molar-refractivity contribution is 8.00. The number of nitrogens with zero attached hydrogens (tertiary/aromatic N) is 2. The molecule has 1 saturated heterocycles. The smallest absolute Gasteiger partial charge is 0.244 e. The second kappa shape index (κ2) is 9.07. The second-order valence-corrected chi connectivity index (χ2v) is 10.2. The number of amides is 1. The van der Waals surface area contributed by atoms with Crippen LogP contribution in [0.3, 0.4) is 0 Å². The summed E-state index contributed by atoms with van der Waals surface area (Å²) in [4.78, 5) is 16.8. The zero-order chi connectivity index (χ0) is 20.1. The number of aromatic nitrogens is 1. The lowest BCUT2D eigenvalue weighted by atomic mass is 10.2. The molecule has 1 aromatic carbocycles. The highest BCUT2D eigenvalue weighted by Gasteiger charge is 2.26.